The monoisotopic (exact) mass is 277 g/mol. The average Bonchev–Trinajstić information content (AvgIpc) is 3.31. The Morgan fingerprint density at radius 3 is 2.90 bits per heavy atom. The molecule has 3 aliphatic rings. The van der Waals surface area contributed by atoms with Crippen LogP contribution < -0.4 is 10.2 Å². The summed E-state index contributed by atoms with van der Waals surface area (Å²) >= 11 is 0. The molecular formula is C14H20FN5. The van der Waals surface area contributed by atoms with E-state index in [9.17, 15) is 4.39 Å². The van der Waals surface area contributed by atoms with E-state index in [4.69, 9.17) is 0 Å². The maximum Gasteiger partial charge on any atom is 0.170 e. The fourth-order valence-electron chi connectivity index (χ4n) is 3.79. The number of hydrogen-bond donors (Lipinski definition) is 1. The molecule has 6 heteroatoms. The van der Waals surface area contributed by atoms with Crippen molar-refractivity contribution in [1.29, 1.82) is 0 Å². The molecule has 1 aliphatic carbocycles. The van der Waals surface area contributed by atoms with Crippen molar-refractivity contribution in [2.45, 2.75) is 68.9 Å². The van der Waals surface area contributed by atoms with Crippen LogP contribution in [-0.4, -0.2) is 45.5 Å². The van der Waals surface area contributed by atoms with Crippen molar-refractivity contribution >= 4 is 5.82 Å². The second-order valence-corrected chi connectivity index (χ2v) is 6.25. The molecule has 2 bridgehead atoms. The van der Waals surface area contributed by atoms with Gasteiger partial charge in [-0.15, -0.1) is 10.2 Å². The highest BCUT2D eigenvalue weighted by atomic mass is 19.1. The molecule has 4 rings (SSSR count). The molecule has 1 aromatic rings. The third-order valence-corrected chi connectivity index (χ3v) is 4.83. The molecule has 20 heavy (non-hydrogen) atoms. The van der Waals surface area contributed by atoms with Crippen LogP contribution in [0, 0.1) is 0 Å². The highest BCUT2D eigenvalue weighted by Gasteiger charge is 2.46. The van der Waals surface area contributed by atoms with Gasteiger partial charge >= 0.3 is 0 Å². The first-order valence-corrected chi connectivity index (χ1v) is 7.64. The molecule has 0 amide bonds. The number of rotatable bonds is 3. The van der Waals surface area contributed by atoms with E-state index in [0.29, 0.717) is 12.1 Å². The van der Waals surface area contributed by atoms with Gasteiger partial charge in [-0.25, -0.2) is 9.37 Å². The molecule has 108 valence electrons. The van der Waals surface area contributed by atoms with E-state index in [1.807, 2.05) is 0 Å². The normalized spacial score (nSPS) is 36.6. The van der Waals surface area contributed by atoms with Crippen LogP contribution in [0.5, 0.6) is 0 Å². The number of halogens is 1. The molecule has 4 atom stereocenters. The van der Waals surface area contributed by atoms with Gasteiger partial charge in [-0.2, -0.15) is 0 Å². The number of fused-ring (bicyclic) bond motifs is 2. The van der Waals surface area contributed by atoms with Crippen LogP contribution >= 0.6 is 0 Å². The minimum atomic E-state index is -0.825. The van der Waals surface area contributed by atoms with Crippen LogP contribution in [0.3, 0.4) is 0 Å². The maximum atomic E-state index is 14.9. The Morgan fingerprint density at radius 2 is 2.15 bits per heavy atom. The minimum Gasteiger partial charge on any atom is -0.345 e. The summed E-state index contributed by atoms with van der Waals surface area (Å²) in [7, 11) is 0. The van der Waals surface area contributed by atoms with Gasteiger partial charge in [0.1, 0.15) is 12.5 Å². The quantitative estimate of drug-likeness (QED) is 0.906. The van der Waals surface area contributed by atoms with Gasteiger partial charge in [-0.05, 0) is 32.1 Å². The number of piperidine rings is 2. The number of nitrogens with zero attached hydrogens (tertiary/aromatic N) is 4. The predicted octanol–water partition coefficient (Wildman–Crippen LogP) is 1.46. The Morgan fingerprint density at radius 1 is 1.25 bits per heavy atom. The first-order chi connectivity index (χ1) is 9.83. The fraction of sp³-hybridized carbons (Fsp3) is 0.786. The van der Waals surface area contributed by atoms with Crippen LogP contribution in [0.1, 0.15) is 38.5 Å². The van der Waals surface area contributed by atoms with Gasteiger partial charge in [-0.3, -0.25) is 0 Å². The van der Waals surface area contributed by atoms with E-state index in [1.54, 1.807) is 6.20 Å². The molecule has 3 heterocycles. The molecule has 1 aromatic heterocycles. The minimum absolute atomic E-state index is 0.0124. The second-order valence-electron chi connectivity index (χ2n) is 6.25. The first-order valence-electron chi connectivity index (χ1n) is 7.64. The van der Waals surface area contributed by atoms with Crippen molar-refractivity contribution in [3.63, 3.8) is 0 Å². The number of nitrogens with one attached hydrogen (secondary N) is 1. The maximum absolute atomic E-state index is 14.9. The zero-order chi connectivity index (χ0) is 13.5. The molecular weight excluding hydrogens is 257 g/mol. The van der Waals surface area contributed by atoms with Crippen LogP contribution in [0.2, 0.25) is 0 Å². The summed E-state index contributed by atoms with van der Waals surface area (Å²) in [6.07, 6.45) is 8.70. The summed E-state index contributed by atoms with van der Waals surface area (Å²) < 4.78 is 14.9. The average molecular weight is 277 g/mol. The van der Waals surface area contributed by atoms with E-state index < -0.39 is 6.17 Å². The van der Waals surface area contributed by atoms with Gasteiger partial charge < -0.3 is 10.2 Å². The van der Waals surface area contributed by atoms with E-state index in [-0.39, 0.29) is 12.1 Å². The van der Waals surface area contributed by atoms with Crippen LogP contribution in [0.25, 0.3) is 0 Å². The number of hydrogen-bond acceptors (Lipinski definition) is 5. The standard InChI is InChI=1S/C14H20FN5/c15-14-11-3-1-2-9(18-11)6-12(14)20(10-4-5-10)13-7-16-8-17-19-13/h7-12,14,18H,1-6H2/t9-,11+,12-,14+/m1/s1. The Kier molecular flexibility index (Phi) is 3.06. The molecule has 0 radical (unpaired) electrons. The van der Waals surface area contributed by atoms with Crippen molar-refractivity contribution in [1.82, 2.24) is 20.5 Å². The third-order valence-electron chi connectivity index (χ3n) is 4.83. The summed E-state index contributed by atoms with van der Waals surface area (Å²) in [4.78, 5) is 6.22. The van der Waals surface area contributed by atoms with Gasteiger partial charge in [0.05, 0.1) is 12.2 Å². The summed E-state index contributed by atoms with van der Waals surface area (Å²) in [5.74, 6) is 0.739. The van der Waals surface area contributed by atoms with Gasteiger partial charge in [0.2, 0.25) is 0 Å². The van der Waals surface area contributed by atoms with Crippen molar-refractivity contribution in [3.05, 3.63) is 12.5 Å². The van der Waals surface area contributed by atoms with Gasteiger partial charge in [-0.1, -0.05) is 6.42 Å². The fourth-order valence-corrected chi connectivity index (χ4v) is 3.79. The van der Waals surface area contributed by atoms with Gasteiger partial charge in [0.25, 0.3) is 0 Å². The number of anilines is 1. The van der Waals surface area contributed by atoms with Crippen LogP contribution in [0.4, 0.5) is 10.2 Å². The lowest BCUT2D eigenvalue weighted by molar-refractivity contribution is 0.104. The van der Waals surface area contributed by atoms with Crippen LogP contribution in [-0.2, 0) is 0 Å². The largest absolute Gasteiger partial charge is 0.345 e. The predicted molar refractivity (Wildman–Crippen MR) is 73.2 cm³/mol. The molecule has 3 fully saturated rings. The highest BCUT2D eigenvalue weighted by molar-refractivity contribution is 5.41. The Labute approximate surface area is 118 Å². The summed E-state index contributed by atoms with van der Waals surface area (Å²) in [6, 6.07) is 0.822. The van der Waals surface area contributed by atoms with Crippen LogP contribution in [0.15, 0.2) is 12.5 Å². The molecule has 2 aliphatic heterocycles. The number of aromatic nitrogens is 3. The van der Waals surface area contributed by atoms with Crippen molar-refractivity contribution in [3.8, 4) is 0 Å². The summed E-state index contributed by atoms with van der Waals surface area (Å²) in [6.45, 7) is 0. The zero-order valence-corrected chi connectivity index (χ0v) is 11.5. The topological polar surface area (TPSA) is 53.9 Å². The molecule has 0 aromatic carbocycles. The van der Waals surface area contributed by atoms with Crippen molar-refractivity contribution < 1.29 is 4.39 Å². The van der Waals surface area contributed by atoms with Gasteiger partial charge in [0, 0.05) is 18.1 Å². The molecule has 2 saturated heterocycles. The van der Waals surface area contributed by atoms with Crippen molar-refractivity contribution in [2.24, 2.45) is 0 Å². The Bertz CT molecular complexity index is 466. The lowest BCUT2D eigenvalue weighted by atomic mass is 9.82. The van der Waals surface area contributed by atoms with Crippen molar-refractivity contribution in [2.75, 3.05) is 4.90 Å². The van der Waals surface area contributed by atoms with E-state index in [0.717, 1.165) is 44.3 Å². The highest BCUT2D eigenvalue weighted by Crippen LogP contribution is 2.38. The Balaban J connectivity index is 1.63. The third kappa shape index (κ3) is 2.16. The first kappa shape index (κ1) is 12.4. The summed E-state index contributed by atoms with van der Waals surface area (Å²) in [5.41, 5.74) is 0. The second kappa shape index (κ2) is 4.91. The van der Waals surface area contributed by atoms with E-state index in [2.05, 4.69) is 25.4 Å². The lowest BCUT2D eigenvalue weighted by Crippen LogP contribution is -2.62. The molecule has 0 unspecified atom stereocenters. The molecule has 5 nitrogen and oxygen atoms in total. The lowest BCUT2D eigenvalue weighted by Gasteiger charge is -2.47. The molecule has 1 N–H and O–H groups in total. The number of alkyl halides is 1. The zero-order valence-electron chi connectivity index (χ0n) is 11.5. The summed E-state index contributed by atoms with van der Waals surface area (Å²) in [5, 5.41) is 11.5. The molecule has 1 saturated carbocycles. The van der Waals surface area contributed by atoms with E-state index in [1.165, 1.54) is 6.33 Å². The van der Waals surface area contributed by atoms with Gasteiger partial charge in [0.15, 0.2) is 5.82 Å². The molecule has 0 spiro atoms. The Hall–Kier alpha value is -1.30. The van der Waals surface area contributed by atoms with E-state index >= 15 is 0 Å². The SMILES string of the molecule is F[C@H]1[C@@H]2CCC[C@H](C[C@H]1N(c1cncnn1)C1CC1)N2. The smallest absolute Gasteiger partial charge is 0.170 e.